The second-order valence-electron chi connectivity index (χ2n) is 5.86. The van der Waals surface area contributed by atoms with Crippen LogP contribution in [0.15, 0.2) is 62.8 Å². The summed E-state index contributed by atoms with van der Waals surface area (Å²) >= 11 is 0. The van der Waals surface area contributed by atoms with Crippen molar-refractivity contribution in [2.45, 2.75) is 13.8 Å². The number of fused-ring (bicyclic) bond motifs is 1. The fourth-order valence-corrected chi connectivity index (χ4v) is 2.45. The first kappa shape index (κ1) is 17.4. The highest BCUT2D eigenvalue weighted by atomic mass is 16.5. The van der Waals surface area contributed by atoms with Gasteiger partial charge in [0, 0.05) is 10.9 Å². The molecule has 0 aliphatic carbocycles. The van der Waals surface area contributed by atoms with Crippen LogP contribution in [-0.2, 0) is 0 Å². The van der Waals surface area contributed by atoms with E-state index < -0.39 is 5.63 Å². The average Bonchev–Trinajstić information content (AvgIpc) is 2.65. The molecule has 132 valence electrons. The summed E-state index contributed by atoms with van der Waals surface area (Å²) in [5, 5.41) is 4.74. The van der Waals surface area contributed by atoms with E-state index in [2.05, 4.69) is 10.5 Å². The lowest BCUT2D eigenvalue weighted by molar-refractivity contribution is 0.0955. The highest BCUT2D eigenvalue weighted by molar-refractivity contribution is 6.02. The lowest BCUT2D eigenvalue weighted by Gasteiger charge is -2.05. The molecule has 26 heavy (non-hydrogen) atoms. The summed E-state index contributed by atoms with van der Waals surface area (Å²) < 4.78 is 10.5. The van der Waals surface area contributed by atoms with Gasteiger partial charge in [-0.05, 0) is 50.2 Å². The Balaban J connectivity index is 1.88. The van der Waals surface area contributed by atoms with E-state index in [0.717, 1.165) is 5.56 Å². The maximum atomic E-state index is 12.2. The van der Waals surface area contributed by atoms with Crippen LogP contribution in [0.1, 0.15) is 28.4 Å². The van der Waals surface area contributed by atoms with Crippen molar-refractivity contribution in [2.75, 3.05) is 7.11 Å². The summed E-state index contributed by atoms with van der Waals surface area (Å²) in [5.74, 6) is 0.302. The van der Waals surface area contributed by atoms with Gasteiger partial charge in [0.15, 0.2) is 0 Å². The Morgan fingerprint density at radius 1 is 1.12 bits per heavy atom. The molecule has 3 rings (SSSR count). The van der Waals surface area contributed by atoms with Gasteiger partial charge in [-0.25, -0.2) is 10.2 Å². The molecular formula is C20H18N2O4. The van der Waals surface area contributed by atoms with Gasteiger partial charge in [-0.2, -0.15) is 5.10 Å². The van der Waals surface area contributed by atoms with E-state index in [0.29, 0.717) is 28.0 Å². The van der Waals surface area contributed by atoms with Gasteiger partial charge in [-0.3, -0.25) is 4.79 Å². The SMILES string of the molecule is COc1ccc2oc(=O)c(/C(C)=N/NC(=O)c3ccc(C)cc3)cc2c1. The first-order valence-electron chi connectivity index (χ1n) is 8.01. The lowest BCUT2D eigenvalue weighted by Crippen LogP contribution is -2.21. The number of hydrogen-bond donors (Lipinski definition) is 1. The van der Waals surface area contributed by atoms with Crippen molar-refractivity contribution in [1.29, 1.82) is 0 Å². The molecule has 0 radical (unpaired) electrons. The number of carbonyl (C=O) groups is 1. The van der Waals surface area contributed by atoms with Gasteiger partial charge >= 0.3 is 5.63 Å². The molecule has 6 nitrogen and oxygen atoms in total. The van der Waals surface area contributed by atoms with Crippen LogP contribution in [0.25, 0.3) is 11.0 Å². The van der Waals surface area contributed by atoms with Gasteiger partial charge in [0.1, 0.15) is 11.3 Å². The number of rotatable bonds is 4. The number of ether oxygens (including phenoxy) is 1. The van der Waals surface area contributed by atoms with E-state index in [1.807, 2.05) is 19.1 Å². The third-order valence-corrected chi connectivity index (χ3v) is 3.97. The van der Waals surface area contributed by atoms with Crippen molar-refractivity contribution in [1.82, 2.24) is 5.43 Å². The first-order valence-corrected chi connectivity index (χ1v) is 8.01. The van der Waals surface area contributed by atoms with Crippen molar-refractivity contribution < 1.29 is 13.9 Å². The van der Waals surface area contributed by atoms with E-state index in [4.69, 9.17) is 9.15 Å². The molecule has 6 heteroatoms. The fourth-order valence-electron chi connectivity index (χ4n) is 2.45. The summed E-state index contributed by atoms with van der Waals surface area (Å²) in [6.07, 6.45) is 0. The van der Waals surface area contributed by atoms with Crippen LogP contribution in [0.5, 0.6) is 5.75 Å². The highest BCUT2D eigenvalue weighted by Gasteiger charge is 2.10. The molecule has 0 atom stereocenters. The Labute approximate surface area is 150 Å². The number of hydrazone groups is 1. The van der Waals surface area contributed by atoms with Gasteiger partial charge in [0.05, 0.1) is 18.4 Å². The zero-order valence-corrected chi connectivity index (χ0v) is 14.7. The summed E-state index contributed by atoms with van der Waals surface area (Å²) in [4.78, 5) is 24.3. The average molecular weight is 350 g/mol. The molecule has 0 saturated heterocycles. The summed E-state index contributed by atoms with van der Waals surface area (Å²) in [6.45, 7) is 3.58. The second-order valence-corrected chi connectivity index (χ2v) is 5.86. The molecule has 0 aliphatic heterocycles. The maximum Gasteiger partial charge on any atom is 0.345 e. The van der Waals surface area contributed by atoms with Crippen LogP contribution < -0.4 is 15.8 Å². The predicted molar refractivity (Wildman–Crippen MR) is 99.9 cm³/mol. The van der Waals surface area contributed by atoms with Gasteiger partial charge in [0.2, 0.25) is 0 Å². The number of nitrogens with one attached hydrogen (secondary N) is 1. The second kappa shape index (κ2) is 7.23. The van der Waals surface area contributed by atoms with Crippen LogP contribution in [0.4, 0.5) is 0 Å². The van der Waals surface area contributed by atoms with Crippen molar-refractivity contribution in [3.05, 3.63) is 75.6 Å². The Bertz CT molecular complexity index is 1050. The smallest absolute Gasteiger partial charge is 0.345 e. The molecule has 0 aliphatic rings. The maximum absolute atomic E-state index is 12.2. The Morgan fingerprint density at radius 3 is 2.54 bits per heavy atom. The van der Waals surface area contributed by atoms with Crippen molar-refractivity contribution in [2.24, 2.45) is 5.10 Å². The minimum absolute atomic E-state index is 0.273. The summed E-state index contributed by atoms with van der Waals surface area (Å²) in [7, 11) is 1.56. The van der Waals surface area contributed by atoms with Gasteiger partial charge in [-0.1, -0.05) is 17.7 Å². The van der Waals surface area contributed by atoms with Crippen LogP contribution >= 0.6 is 0 Å². The van der Waals surface area contributed by atoms with Crippen molar-refractivity contribution in [3.63, 3.8) is 0 Å². The minimum Gasteiger partial charge on any atom is -0.497 e. The van der Waals surface area contributed by atoms with Crippen LogP contribution in [0.3, 0.4) is 0 Å². The molecule has 0 spiro atoms. The zero-order valence-electron chi connectivity index (χ0n) is 14.7. The molecule has 3 aromatic rings. The Morgan fingerprint density at radius 2 is 1.85 bits per heavy atom. The molecule has 0 saturated carbocycles. The van der Waals surface area contributed by atoms with Gasteiger partial charge in [0.25, 0.3) is 5.91 Å². The van der Waals surface area contributed by atoms with E-state index in [9.17, 15) is 9.59 Å². The number of amides is 1. The van der Waals surface area contributed by atoms with Crippen LogP contribution in [0.2, 0.25) is 0 Å². The minimum atomic E-state index is -0.520. The fraction of sp³-hybridized carbons (Fsp3) is 0.150. The molecule has 0 unspecified atom stereocenters. The van der Waals surface area contributed by atoms with Crippen molar-refractivity contribution >= 4 is 22.6 Å². The number of aryl methyl sites for hydroxylation is 1. The Kier molecular flexibility index (Phi) is 4.84. The van der Waals surface area contributed by atoms with E-state index in [1.54, 1.807) is 50.4 Å². The normalized spacial score (nSPS) is 11.4. The number of hydrogen-bond acceptors (Lipinski definition) is 5. The highest BCUT2D eigenvalue weighted by Crippen LogP contribution is 2.20. The van der Waals surface area contributed by atoms with Crippen molar-refractivity contribution in [3.8, 4) is 5.75 Å². The molecule has 1 heterocycles. The van der Waals surface area contributed by atoms with E-state index in [-0.39, 0.29) is 11.5 Å². The summed E-state index contributed by atoms with van der Waals surface area (Å²) in [6, 6.07) is 13.9. The van der Waals surface area contributed by atoms with Gasteiger partial charge < -0.3 is 9.15 Å². The predicted octanol–water partition coefficient (Wildman–Crippen LogP) is 3.26. The first-order chi connectivity index (χ1) is 12.5. The molecular weight excluding hydrogens is 332 g/mol. The quantitative estimate of drug-likeness (QED) is 0.445. The molecule has 0 fully saturated rings. The monoisotopic (exact) mass is 350 g/mol. The van der Waals surface area contributed by atoms with Crippen LogP contribution in [-0.4, -0.2) is 18.7 Å². The molecule has 2 aromatic carbocycles. The van der Waals surface area contributed by atoms with Gasteiger partial charge in [-0.15, -0.1) is 0 Å². The number of nitrogens with zero attached hydrogens (tertiary/aromatic N) is 1. The lowest BCUT2D eigenvalue weighted by atomic mass is 10.1. The Hall–Kier alpha value is -3.41. The standard InChI is InChI=1S/C20H18N2O4/c1-12-4-6-14(7-5-12)19(23)22-21-13(2)17-11-15-10-16(25-3)8-9-18(15)26-20(17)24/h4-11H,1-3H3,(H,22,23)/b21-13+. The molecule has 1 aromatic heterocycles. The summed E-state index contributed by atoms with van der Waals surface area (Å²) in [5.41, 5.74) is 4.57. The molecule has 1 amide bonds. The van der Waals surface area contributed by atoms with E-state index >= 15 is 0 Å². The molecule has 1 N–H and O–H groups in total. The number of carbonyl (C=O) groups excluding carboxylic acids is 1. The number of methoxy groups -OCH3 is 1. The molecule has 0 bridgehead atoms. The zero-order chi connectivity index (χ0) is 18.7. The van der Waals surface area contributed by atoms with Crippen LogP contribution in [0, 0.1) is 6.92 Å². The number of benzene rings is 2. The van der Waals surface area contributed by atoms with E-state index in [1.165, 1.54) is 0 Å². The third kappa shape index (κ3) is 3.64. The topological polar surface area (TPSA) is 80.9 Å². The third-order valence-electron chi connectivity index (χ3n) is 3.97. The largest absolute Gasteiger partial charge is 0.497 e.